The lowest BCUT2D eigenvalue weighted by Crippen LogP contribution is -2.55. The number of unbranched alkanes of at least 4 members (excludes halogenated alkanes) is 5. The summed E-state index contributed by atoms with van der Waals surface area (Å²) in [5, 5.41) is 8.67. The molecular weight excluding hydrogens is 424 g/mol. The maximum absolute atomic E-state index is 12.6. The molecule has 1 N–H and O–H groups in total. The van der Waals surface area contributed by atoms with Crippen molar-refractivity contribution in [2.24, 2.45) is 11.8 Å². The molecule has 3 aliphatic rings. The highest BCUT2D eigenvalue weighted by molar-refractivity contribution is 5.69. The van der Waals surface area contributed by atoms with Crippen molar-refractivity contribution in [2.45, 2.75) is 127 Å². The lowest BCUT2D eigenvalue weighted by Gasteiger charge is -2.42. The maximum Gasteiger partial charge on any atom is 0.306 e. The standard InChI is InChI=1S/C26H44O7/c1-18(2)13-14-20-25(3,33-20)24-23(30-4)19(15-16-26(24)17-31-26)32-22(29)12-10-8-6-5-7-9-11-21(27)28/h18-20,23-24H,5-17H2,1-4H3,(H,27,28). The molecule has 0 radical (unpaired) electrons. The molecule has 0 aromatic heterocycles. The third kappa shape index (κ3) is 6.92. The number of methoxy groups -OCH3 is 1. The van der Waals surface area contributed by atoms with Crippen LogP contribution in [0.2, 0.25) is 0 Å². The number of epoxide rings is 2. The summed E-state index contributed by atoms with van der Waals surface area (Å²) in [6.07, 6.45) is 9.66. The summed E-state index contributed by atoms with van der Waals surface area (Å²) in [6, 6.07) is 0. The van der Waals surface area contributed by atoms with Crippen molar-refractivity contribution in [1.29, 1.82) is 0 Å². The van der Waals surface area contributed by atoms with Gasteiger partial charge in [0.25, 0.3) is 0 Å². The zero-order valence-electron chi connectivity index (χ0n) is 21.0. The number of carboxylic acid groups (broad SMARTS) is 1. The summed E-state index contributed by atoms with van der Waals surface area (Å²) in [4.78, 5) is 23.1. The van der Waals surface area contributed by atoms with Crippen molar-refractivity contribution in [3.05, 3.63) is 0 Å². The van der Waals surface area contributed by atoms with Crippen molar-refractivity contribution in [3.63, 3.8) is 0 Å². The van der Waals surface area contributed by atoms with Crippen molar-refractivity contribution < 1.29 is 33.6 Å². The number of carbonyl (C=O) groups excluding carboxylic acids is 1. The van der Waals surface area contributed by atoms with E-state index in [2.05, 4.69) is 20.8 Å². The smallest absolute Gasteiger partial charge is 0.306 e. The molecule has 0 bridgehead atoms. The Bertz CT molecular complexity index is 659. The third-order valence-corrected chi connectivity index (χ3v) is 7.81. The van der Waals surface area contributed by atoms with Crippen LogP contribution in [0.3, 0.4) is 0 Å². The van der Waals surface area contributed by atoms with Gasteiger partial charge in [0.2, 0.25) is 0 Å². The molecule has 1 aliphatic carbocycles. The van der Waals surface area contributed by atoms with Gasteiger partial charge in [0.1, 0.15) is 23.4 Å². The number of carboxylic acids is 1. The van der Waals surface area contributed by atoms with Gasteiger partial charge >= 0.3 is 11.9 Å². The van der Waals surface area contributed by atoms with Gasteiger partial charge in [-0.15, -0.1) is 0 Å². The molecule has 0 aromatic carbocycles. The minimum atomic E-state index is -0.732. The first kappa shape index (κ1) is 26.4. The Labute approximate surface area is 198 Å². The Morgan fingerprint density at radius 1 is 1.09 bits per heavy atom. The van der Waals surface area contributed by atoms with E-state index < -0.39 is 5.97 Å². The minimum absolute atomic E-state index is 0.0736. The average Bonchev–Trinajstić information content (AvgIpc) is 3.67. The molecule has 0 amide bonds. The number of aliphatic carboxylic acids is 1. The van der Waals surface area contributed by atoms with E-state index in [1.54, 1.807) is 7.11 Å². The summed E-state index contributed by atoms with van der Waals surface area (Å²) < 4.78 is 24.1. The normalized spacial score (nSPS) is 35.1. The zero-order chi connectivity index (χ0) is 24.1. The van der Waals surface area contributed by atoms with Crippen LogP contribution in [0.5, 0.6) is 0 Å². The maximum atomic E-state index is 12.6. The van der Waals surface area contributed by atoms with Crippen LogP contribution in [0.4, 0.5) is 0 Å². The lowest BCUT2D eigenvalue weighted by atomic mass is 9.68. The van der Waals surface area contributed by atoms with Crippen LogP contribution in [-0.2, 0) is 28.5 Å². The molecule has 3 rings (SSSR count). The number of esters is 1. The Morgan fingerprint density at radius 2 is 1.73 bits per heavy atom. The SMILES string of the molecule is COC1C(OC(=O)CCCCCCCCC(=O)O)CCC2(CO2)C1C1(C)OC1CCC(C)C. The second-order valence-corrected chi connectivity index (χ2v) is 10.9. The fourth-order valence-electron chi connectivity index (χ4n) is 5.76. The molecule has 6 atom stereocenters. The van der Waals surface area contributed by atoms with Gasteiger partial charge in [0.15, 0.2) is 0 Å². The molecule has 190 valence electrons. The van der Waals surface area contributed by atoms with Gasteiger partial charge in [-0.05, 0) is 51.4 Å². The van der Waals surface area contributed by atoms with E-state index in [9.17, 15) is 9.59 Å². The Balaban J connectivity index is 1.44. The number of carbonyl (C=O) groups is 2. The Morgan fingerprint density at radius 3 is 2.30 bits per heavy atom. The van der Waals surface area contributed by atoms with Gasteiger partial charge in [-0.1, -0.05) is 39.5 Å². The van der Waals surface area contributed by atoms with Crippen molar-refractivity contribution in [3.8, 4) is 0 Å². The third-order valence-electron chi connectivity index (χ3n) is 7.81. The first-order valence-corrected chi connectivity index (χ1v) is 13.0. The van der Waals surface area contributed by atoms with Crippen LogP contribution in [0.15, 0.2) is 0 Å². The number of ether oxygens (including phenoxy) is 4. The fourth-order valence-corrected chi connectivity index (χ4v) is 5.76. The second kappa shape index (κ2) is 11.5. The highest BCUT2D eigenvalue weighted by Gasteiger charge is 2.72. The van der Waals surface area contributed by atoms with Crippen LogP contribution in [-0.4, -0.2) is 60.3 Å². The van der Waals surface area contributed by atoms with Crippen LogP contribution in [0.1, 0.15) is 97.8 Å². The summed E-state index contributed by atoms with van der Waals surface area (Å²) in [6.45, 7) is 7.39. The van der Waals surface area contributed by atoms with Crippen molar-refractivity contribution in [1.82, 2.24) is 0 Å². The molecule has 3 fully saturated rings. The lowest BCUT2D eigenvalue weighted by molar-refractivity contribution is -0.172. The van der Waals surface area contributed by atoms with E-state index in [0.29, 0.717) is 12.3 Å². The first-order chi connectivity index (χ1) is 15.7. The molecular formula is C26H44O7. The van der Waals surface area contributed by atoms with Crippen LogP contribution < -0.4 is 0 Å². The van der Waals surface area contributed by atoms with Crippen molar-refractivity contribution >= 4 is 11.9 Å². The number of hydrogen-bond donors (Lipinski definition) is 1. The van der Waals surface area contributed by atoms with Crippen molar-refractivity contribution in [2.75, 3.05) is 13.7 Å². The molecule has 1 saturated carbocycles. The first-order valence-electron chi connectivity index (χ1n) is 13.0. The molecule has 1 spiro atoms. The second-order valence-electron chi connectivity index (χ2n) is 10.9. The van der Waals surface area contributed by atoms with Gasteiger partial charge in [0.05, 0.1) is 18.6 Å². The van der Waals surface area contributed by atoms with E-state index >= 15 is 0 Å². The highest BCUT2D eigenvalue weighted by Crippen LogP contribution is 2.59. The van der Waals surface area contributed by atoms with Crippen LogP contribution in [0.25, 0.3) is 0 Å². The summed E-state index contributed by atoms with van der Waals surface area (Å²) in [5.41, 5.74) is -0.469. The molecule has 7 heteroatoms. The van der Waals surface area contributed by atoms with Gasteiger partial charge in [-0.2, -0.15) is 0 Å². The van der Waals surface area contributed by atoms with Gasteiger partial charge in [-0.25, -0.2) is 0 Å². The van der Waals surface area contributed by atoms with Crippen LogP contribution >= 0.6 is 0 Å². The van der Waals surface area contributed by atoms with E-state index in [1.165, 1.54) is 0 Å². The topological polar surface area (TPSA) is 97.9 Å². The quantitative estimate of drug-likeness (QED) is 0.207. The van der Waals surface area contributed by atoms with E-state index in [1.807, 2.05) is 0 Å². The van der Waals surface area contributed by atoms with Crippen LogP contribution in [0, 0.1) is 11.8 Å². The predicted octanol–water partition coefficient (Wildman–Crippen LogP) is 4.89. The van der Waals surface area contributed by atoms with Gasteiger partial charge < -0.3 is 24.1 Å². The molecule has 2 heterocycles. The summed E-state index contributed by atoms with van der Waals surface area (Å²) in [5.74, 6) is -0.167. The fraction of sp³-hybridized carbons (Fsp3) is 0.923. The molecule has 7 nitrogen and oxygen atoms in total. The summed E-state index contributed by atoms with van der Waals surface area (Å²) in [7, 11) is 1.71. The molecule has 2 aliphatic heterocycles. The number of hydrogen-bond acceptors (Lipinski definition) is 6. The van der Waals surface area contributed by atoms with E-state index in [4.69, 9.17) is 24.1 Å². The van der Waals surface area contributed by atoms with E-state index in [-0.39, 0.29) is 47.8 Å². The Kier molecular flexibility index (Phi) is 9.21. The highest BCUT2D eigenvalue weighted by atomic mass is 16.6. The van der Waals surface area contributed by atoms with E-state index in [0.717, 1.165) is 70.8 Å². The van der Waals surface area contributed by atoms with Gasteiger partial charge in [0, 0.05) is 20.0 Å². The number of rotatable bonds is 15. The monoisotopic (exact) mass is 468 g/mol. The molecule has 6 unspecified atom stereocenters. The van der Waals surface area contributed by atoms with Gasteiger partial charge in [-0.3, -0.25) is 9.59 Å². The Hall–Kier alpha value is -1.18. The molecule has 33 heavy (non-hydrogen) atoms. The molecule has 0 aromatic rings. The minimum Gasteiger partial charge on any atom is -0.481 e. The largest absolute Gasteiger partial charge is 0.481 e. The molecule has 2 saturated heterocycles. The summed E-state index contributed by atoms with van der Waals surface area (Å²) >= 11 is 0. The zero-order valence-corrected chi connectivity index (χ0v) is 21.0. The average molecular weight is 469 g/mol. The predicted molar refractivity (Wildman–Crippen MR) is 124 cm³/mol.